The molecular weight excluding hydrogens is 368 g/mol. The molecule has 7 heteroatoms. The number of oxazole rings is 1. The minimum Gasteiger partial charge on any atom is -0.408 e. The van der Waals surface area contributed by atoms with Gasteiger partial charge < -0.3 is 13.9 Å². The first-order valence-electron chi connectivity index (χ1n) is 9.91. The van der Waals surface area contributed by atoms with Gasteiger partial charge >= 0.3 is 5.76 Å². The zero-order chi connectivity index (χ0) is 20.0. The number of benzene rings is 2. The normalized spacial score (nSPS) is 15.4. The average Bonchev–Trinajstić information content (AvgIpc) is 3.24. The summed E-state index contributed by atoms with van der Waals surface area (Å²) in [5, 5.41) is 0. The lowest BCUT2D eigenvalue weighted by atomic mass is 10.0. The van der Waals surface area contributed by atoms with Gasteiger partial charge in [-0.3, -0.25) is 9.36 Å². The average molecular weight is 390 g/mol. The van der Waals surface area contributed by atoms with Gasteiger partial charge in [-0.05, 0) is 44.0 Å². The van der Waals surface area contributed by atoms with E-state index < -0.39 is 0 Å². The molecule has 1 saturated heterocycles. The van der Waals surface area contributed by atoms with E-state index in [2.05, 4.69) is 4.98 Å². The molecule has 1 amide bonds. The van der Waals surface area contributed by atoms with Crippen molar-refractivity contribution in [2.75, 3.05) is 13.1 Å². The van der Waals surface area contributed by atoms with Crippen LogP contribution in [0.25, 0.3) is 22.1 Å². The molecule has 5 rings (SSSR count). The van der Waals surface area contributed by atoms with Crippen LogP contribution in [0.15, 0.2) is 57.7 Å². The Hall–Kier alpha value is -3.35. The zero-order valence-corrected chi connectivity index (χ0v) is 16.2. The van der Waals surface area contributed by atoms with E-state index in [0.717, 1.165) is 35.2 Å². The molecule has 2 aromatic heterocycles. The van der Waals surface area contributed by atoms with Gasteiger partial charge in [0, 0.05) is 19.1 Å². The minimum atomic E-state index is -0.323. The first-order chi connectivity index (χ1) is 14.1. The Morgan fingerprint density at radius 1 is 1.07 bits per heavy atom. The molecule has 7 nitrogen and oxygen atoms in total. The van der Waals surface area contributed by atoms with Crippen LogP contribution in [0.5, 0.6) is 0 Å². The molecule has 0 aliphatic carbocycles. The topological polar surface area (TPSA) is 73.3 Å². The predicted octanol–water partition coefficient (Wildman–Crippen LogP) is 3.12. The Kier molecular flexibility index (Phi) is 4.23. The van der Waals surface area contributed by atoms with Crippen LogP contribution in [0.1, 0.15) is 24.7 Å². The Balaban J connectivity index is 1.31. The van der Waals surface area contributed by atoms with Gasteiger partial charge in [0.25, 0.3) is 0 Å². The molecule has 1 aliphatic heterocycles. The van der Waals surface area contributed by atoms with Crippen molar-refractivity contribution >= 4 is 28.0 Å². The van der Waals surface area contributed by atoms with Crippen LogP contribution in [0.3, 0.4) is 0 Å². The summed E-state index contributed by atoms with van der Waals surface area (Å²) in [4.78, 5) is 31.7. The highest BCUT2D eigenvalue weighted by molar-refractivity contribution is 5.81. The maximum absolute atomic E-state index is 12.9. The molecule has 0 saturated carbocycles. The molecule has 29 heavy (non-hydrogen) atoms. The SMILES string of the molecule is Cc1nc2ccccc2n1CC(=O)N1CCC(n2c(=O)oc3ccccc32)CC1. The summed E-state index contributed by atoms with van der Waals surface area (Å²) in [5.41, 5.74) is 3.31. The third-order valence-corrected chi connectivity index (χ3v) is 5.84. The number of aromatic nitrogens is 3. The maximum atomic E-state index is 12.9. The van der Waals surface area contributed by atoms with Crippen LogP contribution in [0, 0.1) is 6.92 Å². The van der Waals surface area contributed by atoms with Crippen LogP contribution in [-0.2, 0) is 11.3 Å². The van der Waals surface area contributed by atoms with Crippen LogP contribution in [-0.4, -0.2) is 38.0 Å². The lowest BCUT2D eigenvalue weighted by Crippen LogP contribution is -2.41. The Bertz CT molecular complexity index is 1260. The van der Waals surface area contributed by atoms with Crippen molar-refractivity contribution in [2.24, 2.45) is 0 Å². The highest BCUT2D eigenvalue weighted by Crippen LogP contribution is 2.26. The summed E-state index contributed by atoms with van der Waals surface area (Å²) in [6, 6.07) is 15.4. The largest absolute Gasteiger partial charge is 0.420 e. The summed E-state index contributed by atoms with van der Waals surface area (Å²) >= 11 is 0. The van der Waals surface area contributed by atoms with Gasteiger partial charge in [-0.25, -0.2) is 9.78 Å². The Morgan fingerprint density at radius 3 is 2.55 bits per heavy atom. The van der Waals surface area contributed by atoms with Gasteiger partial charge in [-0.2, -0.15) is 0 Å². The van der Waals surface area contributed by atoms with Crippen molar-refractivity contribution in [3.63, 3.8) is 0 Å². The fourth-order valence-corrected chi connectivity index (χ4v) is 4.33. The molecular formula is C22H22N4O3. The van der Waals surface area contributed by atoms with Crippen molar-refractivity contribution in [2.45, 2.75) is 32.4 Å². The van der Waals surface area contributed by atoms with Crippen molar-refractivity contribution in [3.05, 3.63) is 64.9 Å². The standard InChI is InChI=1S/C22H22N4O3/c1-15-23-17-6-2-3-7-18(17)25(15)14-21(27)24-12-10-16(11-13-24)26-19-8-4-5-9-20(19)29-22(26)28/h2-9,16H,10-14H2,1H3. The van der Waals surface area contributed by atoms with E-state index in [1.807, 2.05) is 64.9 Å². The second kappa shape index (κ2) is 6.92. The number of likely N-dealkylation sites (tertiary alicyclic amines) is 1. The van der Waals surface area contributed by atoms with E-state index in [9.17, 15) is 9.59 Å². The lowest BCUT2D eigenvalue weighted by molar-refractivity contribution is -0.133. The molecule has 2 aromatic carbocycles. The molecule has 0 spiro atoms. The minimum absolute atomic E-state index is 0.0472. The number of rotatable bonds is 3. The first-order valence-corrected chi connectivity index (χ1v) is 9.91. The second-order valence-corrected chi connectivity index (χ2v) is 7.55. The number of carbonyl (C=O) groups is 1. The van der Waals surface area contributed by atoms with Crippen LogP contribution >= 0.6 is 0 Å². The molecule has 3 heterocycles. The molecule has 0 bridgehead atoms. The molecule has 148 valence electrons. The summed E-state index contributed by atoms with van der Waals surface area (Å²) in [6.07, 6.45) is 1.47. The van der Waals surface area contributed by atoms with E-state index in [-0.39, 0.29) is 24.2 Å². The summed E-state index contributed by atoms with van der Waals surface area (Å²) in [5.74, 6) is 0.599. The van der Waals surface area contributed by atoms with Gasteiger partial charge in [0.15, 0.2) is 5.58 Å². The van der Waals surface area contributed by atoms with Gasteiger partial charge in [0.05, 0.1) is 16.6 Å². The van der Waals surface area contributed by atoms with Crippen molar-refractivity contribution in [1.82, 2.24) is 19.0 Å². The summed E-state index contributed by atoms with van der Waals surface area (Å²) in [6.45, 7) is 3.46. The second-order valence-electron chi connectivity index (χ2n) is 7.55. The number of imidazole rings is 1. The van der Waals surface area contributed by atoms with Crippen LogP contribution in [0.4, 0.5) is 0 Å². The Morgan fingerprint density at radius 2 is 1.76 bits per heavy atom. The number of hydrogen-bond donors (Lipinski definition) is 0. The van der Waals surface area contributed by atoms with E-state index in [1.54, 1.807) is 4.57 Å². The number of hydrogen-bond acceptors (Lipinski definition) is 4. The van der Waals surface area contributed by atoms with Crippen molar-refractivity contribution in [1.29, 1.82) is 0 Å². The van der Waals surface area contributed by atoms with Gasteiger partial charge in [0.1, 0.15) is 12.4 Å². The van der Waals surface area contributed by atoms with Crippen molar-refractivity contribution < 1.29 is 9.21 Å². The van der Waals surface area contributed by atoms with E-state index in [0.29, 0.717) is 18.7 Å². The fourth-order valence-electron chi connectivity index (χ4n) is 4.33. The molecule has 4 aromatic rings. The molecule has 0 unspecified atom stereocenters. The van der Waals surface area contributed by atoms with Gasteiger partial charge in [-0.1, -0.05) is 24.3 Å². The number of carbonyl (C=O) groups excluding carboxylic acids is 1. The number of piperidine rings is 1. The van der Waals surface area contributed by atoms with Crippen LogP contribution < -0.4 is 5.76 Å². The molecule has 1 fully saturated rings. The van der Waals surface area contributed by atoms with E-state index in [4.69, 9.17) is 4.42 Å². The monoisotopic (exact) mass is 390 g/mol. The van der Waals surface area contributed by atoms with Crippen LogP contribution in [0.2, 0.25) is 0 Å². The molecule has 1 aliphatic rings. The molecule has 0 radical (unpaired) electrons. The smallest absolute Gasteiger partial charge is 0.408 e. The van der Waals surface area contributed by atoms with Gasteiger partial charge in [-0.15, -0.1) is 0 Å². The summed E-state index contributed by atoms with van der Waals surface area (Å²) in [7, 11) is 0. The fraction of sp³-hybridized carbons (Fsp3) is 0.318. The zero-order valence-electron chi connectivity index (χ0n) is 16.2. The summed E-state index contributed by atoms with van der Waals surface area (Å²) < 4.78 is 9.08. The number of fused-ring (bicyclic) bond motifs is 2. The first kappa shape index (κ1) is 17.7. The lowest BCUT2D eigenvalue weighted by Gasteiger charge is -2.32. The molecule has 0 N–H and O–H groups in total. The number of nitrogens with zero attached hydrogens (tertiary/aromatic N) is 4. The van der Waals surface area contributed by atoms with Gasteiger partial charge in [0.2, 0.25) is 5.91 Å². The third-order valence-electron chi connectivity index (χ3n) is 5.84. The number of amides is 1. The highest BCUT2D eigenvalue weighted by Gasteiger charge is 2.27. The van der Waals surface area contributed by atoms with Crippen molar-refractivity contribution in [3.8, 4) is 0 Å². The quantitative estimate of drug-likeness (QED) is 0.539. The predicted molar refractivity (Wildman–Crippen MR) is 110 cm³/mol. The van der Waals surface area contributed by atoms with E-state index >= 15 is 0 Å². The van der Waals surface area contributed by atoms with E-state index in [1.165, 1.54) is 0 Å². The number of aryl methyl sites for hydroxylation is 1. The maximum Gasteiger partial charge on any atom is 0.420 e. The molecule has 0 atom stereocenters. The number of para-hydroxylation sites is 4. The Labute approximate surface area is 167 Å². The highest BCUT2D eigenvalue weighted by atomic mass is 16.4. The third kappa shape index (κ3) is 3.03.